The summed E-state index contributed by atoms with van der Waals surface area (Å²) in [5.41, 5.74) is 3.62. The number of carbonyl (C=O) groups excluding carboxylic acids is 1. The number of unbranched alkanes of at least 4 members (excludes halogenated alkanes) is 2. The van der Waals surface area contributed by atoms with E-state index in [0.29, 0.717) is 36.7 Å². The molecule has 0 aromatic heterocycles. The van der Waals surface area contributed by atoms with Crippen LogP contribution in [0, 0.1) is 17.8 Å². The normalized spacial score (nSPS) is 24.8. The van der Waals surface area contributed by atoms with Crippen molar-refractivity contribution in [3.8, 4) is 11.5 Å². The molecule has 6 rings (SSSR count). The summed E-state index contributed by atoms with van der Waals surface area (Å²) in [5, 5.41) is 26.4. The van der Waals surface area contributed by atoms with E-state index in [1.807, 2.05) is 36.4 Å². The van der Waals surface area contributed by atoms with Crippen molar-refractivity contribution in [3.63, 3.8) is 0 Å². The Kier molecular flexibility index (Phi) is 13.1. The maximum atomic E-state index is 14.2. The summed E-state index contributed by atoms with van der Waals surface area (Å²) < 4.78 is 25.9. The highest BCUT2D eigenvalue weighted by atomic mass is 16.7. The minimum atomic E-state index is -1.39. The third kappa shape index (κ3) is 7.78. The van der Waals surface area contributed by atoms with Crippen molar-refractivity contribution in [2.45, 2.75) is 69.2 Å². The quantitative estimate of drug-likeness (QED) is 0.0768. The minimum Gasteiger partial charge on any atom is -0.490 e. The molecule has 10 heteroatoms. The van der Waals surface area contributed by atoms with Crippen molar-refractivity contribution in [2.75, 3.05) is 40.6 Å². The molecule has 6 atom stereocenters. The summed E-state index contributed by atoms with van der Waals surface area (Å²) in [4.78, 5) is 21.5. The van der Waals surface area contributed by atoms with E-state index in [1.54, 1.807) is 24.2 Å². The van der Waals surface area contributed by atoms with Gasteiger partial charge in [0, 0.05) is 31.1 Å². The van der Waals surface area contributed by atoms with Crippen LogP contribution in [0.3, 0.4) is 0 Å². The number of hydrogen-bond donors (Lipinski definition) is 2. The van der Waals surface area contributed by atoms with Gasteiger partial charge in [-0.05, 0) is 77.6 Å². The van der Waals surface area contributed by atoms with Gasteiger partial charge < -0.3 is 34.0 Å². The molecule has 0 radical (unpaired) electrons. The lowest BCUT2D eigenvalue weighted by molar-refractivity contribution is -0.256. The molecule has 288 valence electrons. The zero-order valence-electron chi connectivity index (χ0n) is 31.5. The third-order valence-electron chi connectivity index (χ3n) is 11.2. The maximum absolute atomic E-state index is 14.2. The predicted molar refractivity (Wildman–Crippen MR) is 210 cm³/mol. The Hall–Kier alpha value is -4.64. The maximum Gasteiger partial charge on any atom is 0.410 e. The van der Waals surface area contributed by atoms with Crippen LogP contribution in [-0.2, 0) is 20.9 Å². The van der Waals surface area contributed by atoms with Crippen LogP contribution in [0.4, 0.5) is 4.79 Å². The number of oxime groups is 1. The fraction of sp³-hybridized carbons (Fsp3) is 0.455. The lowest BCUT2D eigenvalue weighted by Crippen LogP contribution is -2.70. The van der Waals surface area contributed by atoms with Crippen molar-refractivity contribution >= 4 is 22.6 Å². The van der Waals surface area contributed by atoms with E-state index in [4.69, 9.17) is 23.8 Å². The largest absolute Gasteiger partial charge is 0.490 e. The monoisotopic (exact) mass is 738 g/mol. The number of benzene rings is 3. The molecule has 0 bridgehead atoms. The van der Waals surface area contributed by atoms with Crippen LogP contribution in [0.2, 0.25) is 0 Å². The molecular formula is C44H54N2O8. The first-order chi connectivity index (χ1) is 26.4. The zero-order valence-corrected chi connectivity index (χ0v) is 31.5. The summed E-state index contributed by atoms with van der Waals surface area (Å²) in [6.07, 6.45) is 10.3. The molecule has 6 unspecified atom stereocenters. The molecule has 54 heavy (non-hydrogen) atoms. The fourth-order valence-electron chi connectivity index (χ4n) is 9.04. The summed E-state index contributed by atoms with van der Waals surface area (Å²) >= 11 is 0. The van der Waals surface area contributed by atoms with Crippen LogP contribution >= 0.6 is 0 Å². The number of fused-ring (bicyclic) bond motifs is 3. The Balaban J connectivity index is 1.60. The smallest absolute Gasteiger partial charge is 0.410 e. The SMILES string of the molecule is C=CCOc1ccc2c(c1)C1C(CCCCO)C(CCCCO)C=C3C(=NOC)CC(N(Cc4cccc5ccccc45)C(=O)OC)C(OCC=C)(O2)C31. The first-order valence-electron chi connectivity index (χ1n) is 19.1. The minimum absolute atomic E-state index is 0.0974. The van der Waals surface area contributed by atoms with E-state index in [-0.39, 0.29) is 50.5 Å². The van der Waals surface area contributed by atoms with Gasteiger partial charge in [-0.3, -0.25) is 4.90 Å². The van der Waals surface area contributed by atoms with Crippen LogP contribution in [0.5, 0.6) is 11.5 Å². The molecule has 0 saturated heterocycles. The van der Waals surface area contributed by atoms with Crippen LogP contribution in [0.15, 0.2) is 103 Å². The second-order valence-corrected chi connectivity index (χ2v) is 14.3. The van der Waals surface area contributed by atoms with E-state index >= 15 is 0 Å². The highest BCUT2D eigenvalue weighted by molar-refractivity contribution is 6.03. The summed E-state index contributed by atoms with van der Waals surface area (Å²) in [7, 11) is 2.94. The predicted octanol–water partition coefficient (Wildman–Crippen LogP) is 7.94. The van der Waals surface area contributed by atoms with Gasteiger partial charge in [0.1, 0.15) is 31.3 Å². The molecule has 3 aromatic carbocycles. The van der Waals surface area contributed by atoms with Gasteiger partial charge >= 0.3 is 6.09 Å². The van der Waals surface area contributed by atoms with Crippen LogP contribution in [0.1, 0.15) is 62.0 Å². The second kappa shape index (κ2) is 18.1. The Labute approximate surface area is 318 Å². The number of ether oxygens (including phenoxy) is 4. The Morgan fingerprint density at radius 2 is 1.74 bits per heavy atom. The van der Waals surface area contributed by atoms with Crippen LogP contribution in [-0.4, -0.2) is 79.4 Å². The number of aliphatic hydroxyl groups excluding tert-OH is 2. The Morgan fingerprint density at radius 1 is 0.981 bits per heavy atom. The van der Waals surface area contributed by atoms with Crippen molar-refractivity contribution in [1.29, 1.82) is 0 Å². The lowest BCUT2D eigenvalue weighted by atomic mass is 9.55. The molecular weight excluding hydrogens is 684 g/mol. The zero-order chi connectivity index (χ0) is 38.1. The fourth-order valence-corrected chi connectivity index (χ4v) is 9.04. The number of rotatable bonds is 18. The number of allylic oxidation sites excluding steroid dienone is 1. The van der Waals surface area contributed by atoms with Gasteiger partial charge in [-0.1, -0.05) is 85.3 Å². The van der Waals surface area contributed by atoms with Gasteiger partial charge in [0.2, 0.25) is 5.79 Å². The van der Waals surface area contributed by atoms with Crippen molar-refractivity contribution < 1.29 is 38.8 Å². The van der Waals surface area contributed by atoms with E-state index in [1.165, 1.54) is 7.11 Å². The Bertz CT molecular complexity index is 1830. The number of amides is 1. The lowest BCUT2D eigenvalue weighted by Gasteiger charge is -2.59. The topological polar surface area (TPSA) is 119 Å². The number of aliphatic hydroxyl groups is 2. The molecule has 3 aromatic rings. The summed E-state index contributed by atoms with van der Waals surface area (Å²) in [6.45, 7) is 8.82. The first-order valence-corrected chi connectivity index (χ1v) is 19.1. The number of nitrogens with zero attached hydrogens (tertiary/aromatic N) is 2. The van der Waals surface area contributed by atoms with E-state index in [9.17, 15) is 15.0 Å². The van der Waals surface area contributed by atoms with Gasteiger partial charge in [0.05, 0.1) is 31.9 Å². The molecule has 2 aliphatic carbocycles. The van der Waals surface area contributed by atoms with E-state index in [2.05, 4.69) is 48.7 Å². The van der Waals surface area contributed by atoms with Gasteiger partial charge in [-0.15, -0.1) is 6.58 Å². The van der Waals surface area contributed by atoms with E-state index < -0.39 is 23.8 Å². The number of hydrogen-bond acceptors (Lipinski definition) is 9. The molecule has 1 fully saturated rings. The van der Waals surface area contributed by atoms with Crippen molar-refractivity contribution in [1.82, 2.24) is 4.90 Å². The van der Waals surface area contributed by atoms with Gasteiger partial charge in [0.25, 0.3) is 0 Å². The van der Waals surface area contributed by atoms with Gasteiger partial charge in [-0.25, -0.2) is 4.79 Å². The highest BCUT2D eigenvalue weighted by Crippen LogP contribution is 2.62. The molecule has 2 N–H and O–H groups in total. The molecule has 10 nitrogen and oxygen atoms in total. The first kappa shape index (κ1) is 39.1. The van der Waals surface area contributed by atoms with Crippen LogP contribution < -0.4 is 9.47 Å². The van der Waals surface area contributed by atoms with Crippen molar-refractivity contribution in [2.24, 2.45) is 22.9 Å². The average molecular weight is 739 g/mol. The van der Waals surface area contributed by atoms with E-state index in [0.717, 1.165) is 53.2 Å². The Morgan fingerprint density at radius 3 is 2.48 bits per heavy atom. The molecule has 1 heterocycles. The number of methoxy groups -OCH3 is 1. The highest BCUT2D eigenvalue weighted by Gasteiger charge is 2.65. The summed E-state index contributed by atoms with van der Waals surface area (Å²) in [6, 6.07) is 19.4. The molecule has 1 aliphatic heterocycles. The standard InChI is InChI=1S/C44H54N2O8/c1-5-24-52-33-20-21-39-37(27-33)41-35(19-10-12-23-48)31(15-9-11-22-47)26-36-38(45-51-4)28-40(44(54-39,42(36)41)53-25-6-2)46(43(49)50-3)29-32-17-13-16-30-14-7-8-18-34(30)32/h5-8,13-14,16-18,20-21,26-27,31,35,40-42,47-48H,1-2,9-12,15,19,22-25,28-29H2,3-4H3. The molecule has 1 saturated carbocycles. The molecule has 0 spiro atoms. The molecule has 3 aliphatic rings. The van der Waals surface area contributed by atoms with Gasteiger partial charge in [-0.2, -0.15) is 0 Å². The van der Waals surface area contributed by atoms with Crippen LogP contribution in [0.25, 0.3) is 10.8 Å². The summed E-state index contributed by atoms with van der Waals surface area (Å²) in [5.74, 6) is -0.410. The van der Waals surface area contributed by atoms with Crippen molar-refractivity contribution in [3.05, 3.63) is 109 Å². The third-order valence-corrected chi connectivity index (χ3v) is 11.2. The van der Waals surface area contributed by atoms with Gasteiger partial charge in [0.15, 0.2) is 0 Å². The second-order valence-electron chi connectivity index (χ2n) is 14.3. The number of carbonyl (C=O) groups is 1. The molecule has 1 amide bonds. The average Bonchev–Trinajstić information content (AvgIpc) is 3.20.